The molecule has 0 fully saturated rings. The summed E-state index contributed by atoms with van der Waals surface area (Å²) in [6.07, 6.45) is 1.71. The average Bonchev–Trinajstić information content (AvgIpc) is 2.75. The number of rotatable bonds is 2. The molecule has 2 aliphatic rings. The summed E-state index contributed by atoms with van der Waals surface area (Å²) in [5.74, 6) is 2.24. The maximum absolute atomic E-state index is 10.5. The second-order valence-corrected chi connectivity index (χ2v) is 5.84. The molecule has 23 heavy (non-hydrogen) atoms. The molecule has 5 heteroatoms. The Balaban J connectivity index is 1.95. The number of ether oxygens (including phenoxy) is 3. The van der Waals surface area contributed by atoms with Crippen molar-refractivity contribution >= 4 is 0 Å². The number of hydrogen-bond acceptors (Lipinski definition) is 5. The Morgan fingerprint density at radius 3 is 2.57 bits per heavy atom. The minimum atomic E-state index is 0.0308. The van der Waals surface area contributed by atoms with Crippen LogP contribution < -0.4 is 19.5 Å². The molecule has 2 aliphatic heterocycles. The van der Waals surface area contributed by atoms with Crippen molar-refractivity contribution in [1.82, 2.24) is 5.32 Å². The molecule has 1 atom stereocenters. The van der Waals surface area contributed by atoms with Gasteiger partial charge in [0.15, 0.2) is 23.0 Å². The molecule has 4 rings (SSSR count). The predicted octanol–water partition coefficient (Wildman–Crippen LogP) is 2.94. The number of phenolic OH excluding ortho intramolecular Hbond substituents is 1. The molecule has 120 valence electrons. The standard InChI is InChI=1S/C18H19NO4/c1-21-13-5-4-11-9-12-15-10(7-8-19-12)3-6-14(22-2)18(15)23-17(11)16(13)20/h3-6,12,19-20H,7-9H2,1-2H3/t12-/m0/s1. The van der Waals surface area contributed by atoms with E-state index >= 15 is 0 Å². The minimum absolute atomic E-state index is 0.0308. The topological polar surface area (TPSA) is 60.0 Å². The number of methoxy groups -OCH3 is 2. The fraction of sp³-hybridized carbons (Fsp3) is 0.333. The Morgan fingerprint density at radius 1 is 1.04 bits per heavy atom. The molecule has 0 unspecified atom stereocenters. The van der Waals surface area contributed by atoms with Crippen molar-refractivity contribution < 1.29 is 19.3 Å². The van der Waals surface area contributed by atoms with Crippen LogP contribution in [-0.4, -0.2) is 25.9 Å². The molecule has 0 saturated heterocycles. The van der Waals surface area contributed by atoms with E-state index in [0.717, 1.165) is 30.5 Å². The van der Waals surface area contributed by atoms with E-state index in [2.05, 4.69) is 11.4 Å². The van der Waals surface area contributed by atoms with Gasteiger partial charge in [0.1, 0.15) is 0 Å². The lowest BCUT2D eigenvalue weighted by Crippen LogP contribution is -2.30. The largest absolute Gasteiger partial charge is 0.502 e. The van der Waals surface area contributed by atoms with Crippen molar-refractivity contribution in [2.45, 2.75) is 18.9 Å². The van der Waals surface area contributed by atoms with E-state index < -0.39 is 0 Å². The first-order valence-electron chi connectivity index (χ1n) is 7.72. The summed E-state index contributed by atoms with van der Waals surface area (Å²) in [4.78, 5) is 0. The van der Waals surface area contributed by atoms with Crippen LogP contribution >= 0.6 is 0 Å². The lowest BCUT2D eigenvalue weighted by Gasteiger charge is -2.27. The van der Waals surface area contributed by atoms with Crippen LogP contribution in [0.4, 0.5) is 0 Å². The molecular weight excluding hydrogens is 294 g/mol. The van der Waals surface area contributed by atoms with E-state index in [9.17, 15) is 5.11 Å². The Bertz CT molecular complexity index is 772. The van der Waals surface area contributed by atoms with Crippen LogP contribution in [-0.2, 0) is 12.8 Å². The summed E-state index contributed by atoms with van der Waals surface area (Å²) in [7, 11) is 3.16. The predicted molar refractivity (Wildman–Crippen MR) is 85.9 cm³/mol. The van der Waals surface area contributed by atoms with Gasteiger partial charge in [-0.05, 0) is 37.1 Å². The van der Waals surface area contributed by atoms with Gasteiger partial charge in [0.25, 0.3) is 0 Å². The summed E-state index contributed by atoms with van der Waals surface area (Å²) in [6.45, 7) is 0.931. The van der Waals surface area contributed by atoms with E-state index in [1.54, 1.807) is 13.2 Å². The van der Waals surface area contributed by atoms with Gasteiger partial charge in [-0.2, -0.15) is 0 Å². The Morgan fingerprint density at radius 2 is 1.78 bits per heavy atom. The van der Waals surface area contributed by atoms with Gasteiger partial charge in [0, 0.05) is 17.2 Å². The summed E-state index contributed by atoms with van der Waals surface area (Å²) in [6, 6.07) is 7.90. The highest BCUT2D eigenvalue weighted by atomic mass is 16.5. The molecule has 0 spiro atoms. The number of hydrogen-bond donors (Lipinski definition) is 2. The first kappa shape index (κ1) is 14.2. The summed E-state index contributed by atoms with van der Waals surface area (Å²) in [5, 5.41) is 14.0. The zero-order chi connectivity index (χ0) is 16.0. The lowest BCUT2D eigenvalue weighted by atomic mass is 9.90. The van der Waals surface area contributed by atoms with Crippen molar-refractivity contribution in [2.24, 2.45) is 0 Å². The smallest absolute Gasteiger partial charge is 0.201 e. The normalized spacial score (nSPS) is 18.3. The molecule has 2 aromatic rings. The van der Waals surface area contributed by atoms with Gasteiger partial charge in [-0.3, -0.25) is 0 Å². The zero-order valence-electron chi connectivity index (χ0n) is 13.2. The van der Waals surface area contributed by atoms with E-state index in [-0.39, 0.29) is 11.8 Å². The van der Waals surface area contributed by atoms with Gasteiger partial charge in [0.2, 0.25) is 5.75 Å². The van der Waals surface area contributed by atoms with Gasteiger partial charge < -0.3 is 24.6 Å². The quantitative estimate of drug-likeness (QED) is 0.892. The number of benzene rings is 2. The summed E-state index contributed by atoms with van der Waals surface area (Å²) < 4.78 is 16.8. The van der Waals surface area contributed by atoms with Crippen LogP contribution in [0, 0.1) is 0 Å². The molecule has 0 radical (unpaired) electrons. The fourth-order valence-corrected chi connectivity index (χ4v) is 3.50. The Hall–Kier alpha value is -2.40. The third-order valence-corrected chi connectivity index (χ3v) is 4.63. The van der Waals surface area contributed by atoms with Gasteiger partial charge in [-0.25, -0.2) is 0 Å². The monoisotopic (exact) mass is 313 g/mol. The maximum Gasteiger partial charge on any atom is 0.201 e. The van der Waals surface area contributed by atoms with Gasteiger partial charge in [-0.1, -0.05) is 12.1 Å². The molecule has 0 aliphatic carbocycles. The van der Waals surface area contributed by atoms with Crippen molar-refractivity contribution in [3.8, 4) is 28.7 Å². The number of aromatic hydroxyl groups is 1. The van der Waals surface area contributed by atoms with Crippen molar-refractivity contribution in [3.63, 3.8) is 0 Å². The third kappa shape index (κ3) is 2.11. The second-order valence-electron chi connectivity index (χ2n) is 5.84. The molecule has 0 aromatic heterocycles. The van der Waals surface area contributed by atoms with E-state index in [0.29, 0.717) is 23.0 Å². The van der Waals surface area contributed by atoms with Crippen molar-refractivity contribution in [1.29, 1.82) is 0 Å². The van der Waals surface area contributed by atoms with Gasteiger partial charge in [-0.15, -0.1) is 0 Å². The fourth-order valence-electron chi connectivity index (χ4n) is 3.50. The van der Waals surface area contributed by atoms with Crippen molar-refractivity contribution in [2.75, 3.05) is 20.8 Å². The molecule has 0 saturated carbocycles. The van der Waals surface area contributed by atoms with Crippen LogP contribution in [0.15, 0.2) is 24.3 Å². The highest BCUT2D eigenvalue weighted by Crippen LogP contribution is 2.50. The SMILES string of the molecule is COc1ccc2c(c1O)Oc1c(OC)ccc3c1[C@H](C2)NCC3. The van der Waals surface area contributed by atoms with E-state index in [1.165, 1.54) is 12.7 Å². The van der Waals surface area contributed by atoms with Crippen molar-refractivity contribution in [3.05, 3.63) is 41.0 Å². The van der Waals surface area contributed by atoms with Crippen LogP contribution in [0.1, 0.15) is 22.7 Å². The minimum Gasteiger partial charge on any atom is -0.502 e. The Kier molecular flexibility index (Phi) is 3.31. The van der Waals surface area contributed by atoms with Crippen LogP contribution in [0.5, 0.6) is 28.7 Å². The molecule has 5 nitrogen and oxygen atoms in total. The third-order valence-electron chi connectivity index (χ3n) is 4.63. The maximum atomic E-state index is 10.5. The molecule has 2 N–H and O–H groups in total. The molecule has 2 heterocycles. The highest BCUT2D eigenvalue weighted by molar-refractivity contribution is 5.62. The molecule has 0 bridgehead atoms. The molecular formula is C18H19NO4. The second kappa shape index (κ2) is 5.35. The summed E-state index contributed by atoms with van der Waals surface area (Å²) >= 11 is 0. The molecule has 2 aromatic carbocycles. The van der Waals surface area contributed by atoms with Crippen LogP contribution in [0.2, 0.25) is 0 Å². The zero-order valence-corrected chi connectivity index (χ0v) is 13.2. The first-order valence-corrected chi connectivity index (χ1v) is 7.72. The number of fused-ring (bicyclic) bond motifs is 1. The van der Waals surface area contributed by atoms with Crippen LogP contribution in [0.25, 0.3) is 0 Å². The Labute approximate surface area is 134 Å². The van der Waals surface area contributed by atoms with E-state index in [1.807, 2.05) is 12.1 Å². The number of nitrogens with one attached hydrogen (secondary N) is 1. The molecule has 0 amide bonds. The van der Waals surface area contributed by atoms with Gasteiger partial charge >= 0.3 is 0 Å². The first-order chi connectivity index (χ1) is 11.2. The number of phenols is 1. The summed E-state index contributed by atoms with van der Waals surface area (Å²) in [5.41, 5.74) is 3.35. The lowest BCUT2D eigenvalue weighted by molar-refractivity contribution is 0.342. The van der Waals surface area contributed by atoms with E-state index in [4.69, 9.17) is 14.2 Å². The van der Waals surface area contributed by atoms with Gasteiger partial charge in [0.05, 0.1) is 14.2 Å². The highest BCUT2D eigenvalue weighted by Gasteiger charge is 2.32. The average molecular weight is 313 g/mol. The van der Waals surface area contributed by atoms with Crippen LogP contribution in [0.3, 0.4) is 0 Å².